The van der Waals surface area contributed by atoms with Gasteiger partial charge in [-0.3, -0.25) is 43.6 Å². The monoisotopic (exact) mass is 2090 g/mol. The molecular formula is C104H110F10N16O12S4. The standard InChI is InChI=1S/C28H31F3N2O5S2.C27H29F3N6O2.C26H27F3N4O2S.C23H23FN4O3S/c1-3-5-6-7-14-38-17-8-12-20(22(15-17)28(29,30)31)23-16-21(24-13-9-18(4-2)39-24)25(26(34)32-23)27(35)33-40(36,37)19-10-11-19;1-2-3-4-5-12-38-18-8-9-19(21(13-18)27(28,29)30)23-14-20(22-10-11-36(35-22)15-17-6-7-17)24(26(37)33-23)25-31-16-32-34-25;1-3-5-6-7-12-35-16-8-10-18(20(13-16)26(27,28)29)21-14-19(22-11-9-17(4-2)36-22)23(25(34)32-21)24-30-15-31-33-24;1-3-5-10-31-14-6-8-16(18(24)11-14)19-12-17(20-9-7-15(4-2)32-20)22(23(30)26-19)28-21(29)13-25-27-28/h8-9,12-13,15-16,19H,3-7,10-11,14H2,1-2H3,(H,32,34)(H,33,35);8-11,13-14,16-17H,2-7,12,15H2,1H3,(H,33,37)(H,31,32,34);8-11,13-15H,3-7,12H2,1-2H3,(H,32,34)(H,30,31,33);6-9,11-12H,3-5,10,13H2,1-2H3,(H,26,30). The summed E-state index contributed by atoms with van der Waals surface area (Å²) >= 11 is 4.26. The molecule has 42 heteroatoms. The van der Waals surface area contributed by atoms with Crippen LogP contribution in [0.1, 0.15) is 206 Å². The maximum absolute atomic E-state index is 14.9. The Labute approximate surface area is 845 Å². The first-order valence-corrected chi connectivity index (χ1v) is 52.4. The zero-order valence-corrected chi connectivity index (χ0v) is 84.4. The topological polar surface area (TPSA) is 378 Å². The van der Waals surface area contributed by atoms with Crippen molar-refractivity contribution >= 4 is 61.5 Å². The summed E-state index contributed by atoms with van der Waals surface area (Å²) in [7, 11) is -3.97. The molecule has 146 heavy (non-hydrogen) atoms. The predicted molar refractivity (Wildman–Crippen MR) is 544 cm³/mol. The van der Waals surface area contributed by atoms with Gasteiger partial charge in [0.2, 0.25) is 10.0 Å². The molecule has 10 aromatic heterocycles. The predicted octanol–water partition coefficient (Wildman–Crippen LogP) is 25.1. The Morgan fingerprint density at radius 2 is 0.849 bits per heavy atom. The number of aromatic amines is 6. The lowest BCUT2D eigenvalue weighted by atomic mass is 9.98. The molecular weight excluding hydrogens is 1980 g/mol. The lowest BCUT2D eigenvalue weighted by molar-refractivity contribution is -0.138. The number of unbranched alkanes of at least 4 members (excludes halogenated alkanes) is 10. The highest BCUT2D eigenvalue weighted by Gasteiger charge is 2.41. The minimum Gasteiger partial charge on any atom is -0.494 e. The van der Waals surface area contributed by atoms with Crippen LogP contribution in [0.25, 0.3) is 110 Å². The Morgan fingerprint density at radius 1 is 0.445 bits per heavy atom. The summed E-state index contributed by atoms with van der Waals surface area (Å²) in [5, 5.41) is 25.5. The van der Waals surface area contributed by atoms with E-state index in [0.29, 0.717) is 90.1 Å². The molecule has 7 N–H and O–H groups in total. The van der Waals surface area contributed by atoms with Gasteiger partial charge >= 0.3 is 18.5 Å². The fraction of sp³-hybridized carbons (Fsp3) is 0.375. The molecule has 0 atom stereocenters. The van der Waals surface area contributed by atoms with Gasteiger partial charge in [-0.1, -0.05) is 118 Å². The van der Waals surface area contributed by atoms with Crippen LogP contribution in [0.4, 0.5) is 49.6 Å². The van der Waals surface area contributed by atoms with Crippen molar-refractivity contribution in [3.05, 3.63) is 242 Å². The summed E-state index contributed by atoms with van der Waals surface area (Å²) in [5.41, 5.74) is -3.72. The maximum Gasteiger partial charge on any atom is 0.417 e. The Bertz CT molecular complexity index is 7280. The van der Waals surface area contributed by atoms with Crippen LogP contribution in [0.3, 0.4) is 0 Å². The normalized spacial score (nSPS) is 13.1. The number of H-pyrrole nitrogens is 6. The van der Waals surface area contributed by atoms with E-state index in [1.807, 2.05) is 56.0 Å². The highest BCUT2D eigenvalue weighted by molar-refractivity contribution is 7.91. The first-order valence-electron chi connectivity index (χ1n) is 48.4. The van der Waals surface area contributed by atoms with Crippen molar-refractivity contribution in [2.75, 3.05) is 38.0 Å². The number of rotatable bonds is 41. The molecule has 1 aliphatic heterocycles. The lowest BCUT2D eigenvalue weighted by Gasteiger charge is -2.17. The van der Waals surface area contributed by atoms with Crippen LogP contribution in [0.5, 0.6) is 23.0 Å². The molecule has 772 valence electrons. The van der Waals surface area contributed by atoms with Gasteiger partial charge < -0.3 is 38.9 Å². The molecule has 0 radical (unpaired) electrons. The van der Waals surface area contributed by atoms with Gasteiger partial charge in [-0.2, -0.15) is 64.9 Å². The number of hydrogen-bond donors (Lipinski definition) is 7. The van der Waals surface area contributed by atoms with Crippen molar-refractivity contribution in [1.29, 1.82) is 0 Å². The number of thiophene rings is 3. The Hall–Kier alpha value is -13.7. The van der Waals surface area contributed by atoms with Crippen molar-refractivity contribution in [2.45, 2.75) is 214 Å². The molecule has 0 unspecified atom stereocenters. The van der Waals surface area contributed by atoms with Crippen LogP contribution in [0.15, 0.2) is 188 Å². The molecule has 2 aliphatic carbocycles. The number of halogens is 10. The number of anilines is 1. The second kappa shape index (κ2) is 49.0. The average Bonchev–Trinajstić information content (AvgIpc) is 1.11. The van der Waals surface area contributed by atoms with Gasteiger partial charge in [0.15, 0.2) is 11.6 Å². The zero-order chi connectivity index (χ0) is 104. The van der Waals surface area contributed by atoms with E-state index in [-0.39, 0.29) is 104 Å². The van der Waals surface area contributed by atoms with Gasteiger partial charge in [-0.05, 0) is 210 Å². The van der Waals surface area contributed by atoms with E-state index in [0.717, 1.165) is 163 Å². The van der Waals surface area contributed by atoms with Crippen LogP contribution in [0, 0.1) is 11.7 Å². The first kappa shape index (κ1) is 108. The van der Waals surface area contributed by atoms with Crippen LogP contribution in [-0.4, -0.2) is 119 Å². The molecule has 3 aliphatic rings. The van der Waals surface area contributed by atoms with E-state index >= 15 is 0 Å². The van der Waals surface area contributed by atoms with E-state index in [4.69, 9.17) is 18.9 Å². The lowest BCUT2D eigenvalue weighted by Crippen LogP contribution is -2.37. The van der Waals surface area contributed by atoms with E-state index in [9.17, 15) is 81.1 Å². The number of hydrogen-bond acceptors (Lipinski definition) is 22. The number of aryl methyl sites for hydroxylation is 3. The number of alkyl halides is 9. The fourth-order valence-corrected chi connectivity index (χ4v) is 20.3. The molecule has 0 saturated heterocycles. The number of amides is 2. The molecule has 28 nitrogen and oxygen atoms in total. The summed E-state index contributed by atoms with van der Waals surface area (Å²) in [6.07, 6.45) is 8.92. The third kappa shape index (κ3) is 27.5. The summed E-state index contributed by atoms with van der Waals surface area (Å²) in [6, 6.07) is 34.7. The molecule has 2 saturated carbocycles. The largest absolute Gasteiger partial charge is 0.494 e. The van der Waals surface area contributed by atoms with E-state index in [1.54, 1.807) is 47.1 Å². The Balaban J connectivity index is 0.000000154. The summed E-state index contributed by atoms with van der Waals surface area (Å²) in [6.45, 7) is 16.4. The number of sulfonamides is 1. The smallest absolute Gasteiger partial charge is 0.417 e. The molecule has 11 heterocycles. The highest BCUT2D eigenvalue weighted by atomic mass is 32.2. The number of ether oxygens (including phenoxy) is 4. The number of nitrogens with zero attached hydrogens (tertiary/aromatic N) is 9. The Kier molecular flexibility index (Phi) is 36.2. The second-order valence-electron chi connectivity index (χ2n) is 35.0. The first-order chi connectivity index (χ1) is 70.1. The van der Waals surface area contributed by atoms with E-state index in [2.05, 4.69) is 93.4 Å². The van der Waals surface area contributed by atoms with Gasteiger partial charge in [-0.25, -0.2) is 27.5 Å². The van der Waals surface area contributed by atoms with Crippen LogP contribution in [-0.2, 0) is 59.2 Å². The number of nitrogens with one attached hydrogen (secondary N) is 7. The molecule has 0 bridgehead atoms. The van der Waals surface area contributed by atoms with Crippen molar-refractivity contribution in [2.24, 2.45) is 16.3 Å². The Morgan fingerprint density at radius 3 is 1.26 bits per heavy atom. The van der Waals surface area contributed by atoms with Crippen molar-refractivity contribution in [3.63, 3.8) is 0 Å². The number of carbonyl (C=O) groups is 2. The van der Waals surface area contributed by atoms with Gasteiger partial charge in [0, 0.05) is 110 Å². The second-order valence-corrected chi connectivity index (χ2v) is 40.5. The fourth-order valence-electron chi connectivity index (χ4n) is 16.1. The van der Waals surface area contributed by atoms with E-state index in [1.165, 1.54) is 101 Å². The van der Waals surface area contributed by atoms with Gasteiger partial charge in [0.25, 0.3) is 34.1 Å². The quantitative estimate of drug-likeness (QED) is 0.0138. The maximum atomic E-state index is 14.9. The minimum atomic E-state index is -4.76. The van der Waals surface area contributed by atoms with Gasteiger partial charge in [0.05, 0.1) is 70.9 Å². The number of carbonyl (C=O) groups excluding carboxylic acids is 2. The molecule has 2 amide bonds. The number of pyridine rings is 4. The molecule has 2 fully saturated rings. The number of benzene rings is 4. The van der Waals surface area contributed by atoms with Crippen LogP contribution < -0.4 is 50.9 Å². The summed E-state index contributed by atoms with van der Waals surface area (Å²) in [4.78, 5) is 102. The minimum absolute atomic E-state index is 0.0202. The summed E-state index contributed by atoms with van der Waals surface area (Å²) in [5.74, 6) is -0.222. The van der Waals surface area contributed by atoms with Gasteiger partial charge in [0.1, 0.15) is 59.3 Å². The highest BCUT2D eigenvalue weighted by Crippen LogP contribution is 2.47. The van der Waals surface area contributed by atoms with Crippen molar-refractivity contribution in [3.8, 4) is 133 Å². The van der Waals surface area contributed by atoms with Gasteiger partial charge in [-0.15, -0.1) is 34.0 Å². The molecule has 0 spiro atoms. The van der Waals surface area contributed by atoms with E-state index < -0.39 is 95.9 Å². The average molecular weight is 2090 g/mol. The third-order valence-electron chi connectivity index (χ3n) is 24.1. The SMILES string of the molecule is CCCCCCOc1ccc(-c2cc(-c3ccc(CC)s3)c(-c3ncn[nH]3)c(=O)[nH]2)c(C(F)(F)F)c1.CCCCCCOc1ccc(-c2cc(-c3ccc(CC)s3)c(C(=O)NS(=O)(=O)C3CC3)c(=O)[nH]2)c(C(F)(F)F)c1.CCCCCCOc1ccc(-c2cc(-c3ccn(CC4CC4)n3)c(-c3ncn[nH]3)c(=O)[nH]2)c(C(F)(F)F)c1.CCCCOc1ccc(-c2cc(-c3ccc(CC)s3)c(N3N=NCC3=O)c(=O)[nH]2)c(F)c1. The van der Waals surface area contributed by atoms with Crippen molar-refractivity contribution < 1.29 is 80.9 Å². The van der Waals surface area contributed by atoms with Crippen LogP contribution in [0.2, 0.25) is 0 Å². The molecule has 4 aromatic carbocycles. The number of aromatic nitrogens is 12. The van der Waals surface area contributed by atoms with Crippen molar-refractivity contribution in [1.82, 2.24) is 64.8 Å². The summed E-state index contributed by atoms with van der Waals surface area (Å²) < 4.78 is 193. The molecule has 14 aromatic rings. The third-order valence-corrected chi connectivity index (χ3v) is 29.7. The zero-order valence-electron chi connectivity index (χ0n) is 81.1. The van der Waals surface area contributed by atoms with Crippen LogP contribution >= 0.6 is 34.0 Å². The molecule has 17 rings (SSSR count).